The van der Waals surface area contributed by atoms with Crippen molar-refractivity contribution in [2.45, 2.75) is 54.1 Å². The molecule has 0 radical (unpaired) electrons. The maximum atomic E-state index is 12.7. The number of anilines is 1. The smallest absolute Gasteiger partial charge is 0.262 e. The van der Waals surface area contributed by atoms with Crippen molar-refractivity contribution in [3.05, 3.63) is 51.6 Å². The first-order valence-corrected chi connectivity index (χ1v) is 9.89. The number of carbonyl (C=O) groups is 1. The zero-order valence-corrected chi connectivity index (χ0v) is 17.6. The van der Waals surface area contributed by atoms with Crippen LogP contribution in [0.1, 0.15) is 37.7 Å². The Morgan fingerprint density at radius 2 is 1.93 bits per heavy atom. The van der Waals surface area contributed by atoms with Crippen molar-refractivity contribution in [1.29, 1.82) is 0 Å². The van der Waals surface area contributed by atoms with Crippen molar-refractivity contribution < 1.29 is 4.79 Å². The fourth-order valence-electron chi connectivity index (χ4n) is 3.40. The number of para-hydroxylation sites is 1. The second kappa shape index (κ2) is 8.46. The molecule has 1 amide bonds. The van der Waals surface area contributed by atoms with Gasteiger partial charge in [0.1, 0.15) is 0 Å². The number of aromatic nitrogens is 4. The van der Waals surface area contributed by atoms with Gasteiger partial charge in [-0.2, -0.15) is 5.10 Å². The molecule has 0 saturated carbocycles. The van der Waals surface area contributed by atoms with Crippen molar-refractivity contribution in [1.82, 2.24) is 24.8 Å². The summed E-state index contributed by atoms with van der Waals surface area (Å²) in [5.41, 5.74) is 8.71. The predicted octanol–water partition coefficient (Wildman–Crippen LogP) is 2.57. The van der Waals surface area contributed by atoms with Gasteiger partial charge in [0, 0.05) is 24.3 Å². The number of amides is 1. The molecular formula is C21H28N6O2. The van der Waals surface area contributed by atoms with Crippen LogP contribution in [0.4, 0.5) is 5.95 Å². The van der Waals surface area contributed by atoms with Crippen LogP contribution in [-0.4, -0.2) is 25.2 Å². The lowest BCUT2D eigenvalue weighted by molar-refractivity contribution is -0.120. The quantitative estimate of drug-likeness (QED) is 0.599. The SMILES string of the molecule is CCn1c(NNC(=O)Cc2c(C)nn(CC(C)C)c2C)nc2ccccc2c1=O. The van der Waals surface area contributed by atoms with E-state index < -0.39 is 0 Å². The van der Waals surface area contributed by atoms with Gasteiger partial charge in [-0.3, -0.25) is 29.7 Å². The van der Waals surface area contributed by atoms with Crippen molar-refractivity contribution in [2.24, 2.45) is 5.92 Å². The monoisotopic (exact) mass is 396 g/mol. The molecule has 3 aromatic rings. The molecule has 0 atom stereocenters. The van der Waals surface area contributed by atoms with Crippen LogP contribution in [0.15, 0.2) is 29.1 Å². The number of hydrazine groups is 1. The van der Waals surface area contributed by atoms with Crippen LogP contribution in [0.2, 0.25) is 0 Å². The molecule has 0 aliphatic heterocycles. The fraction of sp³-hybridized carbons (Fsp3) is 0.429. The Kier molecular flexibility index (Phi) is 6.00. The van der Waals surface area contributed by atoms with E-state index in [0.29, 0.717) is 29.3 Å². The number of carbonyl (C=O) groups excluding carboxylic acids is 1. The highest BCUT2D eigenvalue weighted by Crippen LogP contribution is 2.15. The van der Waals surface area contributed by atoms with E-state index in [1.165, 1.54) is 4.57 Å². The zero-order valence-electron chi connectivity index (χ0n) is 17.6. The number of benzene rings is 1. The molecule has 0 saturated heterocycles. The highest BCUT2D eigenvalue weighted by Gasteiger charge is 2.16. The molecule has 2 heterocycles. The van der Waals surface area contributed by atoms with Gasteiger partial charge >= 0.3 is 0 Å². The average Bonchev–Trinajstić information content (AvgIpc) is 2.93. The molecule has 0 aliphatic rings. The molecule has 1 aromatic carbocycles. The van der Waals surface area contributed by atoms with E-state index in [2.05, 4.69) is 34.8 Å². The van der Waals surface area contributed by atoms with Gasteiger partial charge in [0.2, 0.25) is 11.9 Å². The second-order valence-electron chi connectivity index (χ2n) is 7.58. The normalized spacial score (nSPS) is 11.2. The largest absolute Gasteiger partial charge is 0.277 e. The molecular weight excluding hydrogens is 368 g/mol. The fourth-order valence-corrected chi connectivity index (χ4v) is 3.40. The summed E-state index contributed by atoms with van der Waals surface area (Å²) < 4.78 is 3.45. The Balaban J connectivity index is 1.77. The number of fused-ring (bicyclic) bond motifs is 1. The number of nitrogens with one attached hydrogen (secondary N) is 2. The van der Waals surface area contributed by atoms with Gasteiger partial charge in [-0.25, -0.2) is 4.98 Å². The zero-order chi connectivity index (χ0) is 21.1. The first-order chi connectivity index (χ1) is 13.8. The Morgan fingerprint density at radius 1 is 1.21 bits per heavy atom. The van der Waals surface area contributed by atoms with Crippen LogP contribution in [-0.2, 0) is 24.3 Å². The maximum Gasteiger partial charge on any atom is 0.262 e. The number of aryl methyl sites for hydroxylation is 1. The third-order valence-corrected chi connectivity index (χ3v) is 4.90. The number of nitrogens with zero attached hydrogens (tertiary/aromatic N) is 4. The van der Waals surface area contributed by atoms with E-state index in [1.54, 1.807) is 12.1 Å². The second-order valence-corrected chi connectivity index (χ2v) is 7.58. The molecule has 3 rings (SSSR count). The molecule has 2 N–H and O–H groups in total. The van der Waals surface area contributed by atoms with Crippen molar-refractivity contribution in [3.8, 4) is 0 Å². The highest BCUT2D eigenvalue weighted by molar-refractivity contribution is 5.81. The third-order valence-electron chi connectivity index (χ3n) is 4.90. The molecule has 2 aromatic heterocycles. The lowest BCUT2D eigenvalue weighted by Crippen LogP contribution is -2.35. The first-order valence-electron chi connectivity index (χ1n) is 9.89. The van der Waals surface area contributed by atoms with Gasteiger partial charge in [0.05, 0.1) is 23.0 Å². The summed E-state index contributed by atoms with van der Waals surface area (Å²) in [7, 11) is 0. The van der Waals surface area contributed by atoms with Crippen LogP contribution in [0.5, 0.6) is 0 Å². The summed E-state index contributed by atoms with van der Waals surface area (Å²) in [6.45, 7) is 11.3. The summed E-state index contributed by atoms with van der Waals surface area (Å²) in [4.78, 5) is 29.7. The summed E-state index contributed by atoms with van der Waals surface area (Å²) in [5.74, 6) is 0.569. The lowest BCUT2D eigenvalue weighted by Gasteiger charge is -2.14. The Hall–Kier alpha value is -3.16. The molecule has 0 unspecified atom stereocenters. The number of rotatable bonds is 7. The Labute approximate surface area is 169 Å². The first kappa shape index (κ1) is 20.6. The lowest BCUT2D eigenvalue weighted by atomic mass is 10.1. The van der Waals surface area contributed by atoms with Gasteiger partial charge in [-0.1, -0.05) is 26.0 Å². The molecule has 0 aliphatic carbocycles. The van der Waals surface area contributed by atoms with E-state index in [4.69, 9.17) is 0 Å². The summed E-state index contributed by atoms with van der Waals surface area (Å²) in [6.07, 6.45) is 0.201. The van der Waals surface area contributed by atoms with Crippen LogP contribution in [0.25, 0.3) is 10.9 Å². The molecule has 154 valence electrons. The van der Waals surface area contributed by atoms with Gasteiger partial charge < -0.3 is 0 Å². The van der Waals surface area contributed by atoms with E-state index in [-0.39, 0.29) is 17.9 Å². The number of hydrogen-bond donors (Lipinski definition) is 2. The van der Waals surface area contributed by atoms with Gasteiger partial charge in [-0.05, 0) is 38.8 Å². The van der Waals surface area contributed by atoms with Crippen LogP contribution < -0.4 is 16.4 Å². The highest BCUT2D eigenvalue weighted by atomic mass is 16.2. The summed E-state index contributed by atoms with van der Waals surface area (Å²) in [6, 6.07) is 7.16. The van der Waals surface area contributed by atoms with Crippen molar-refractivity contribution >= 4 is 22.8 Å². The maximum absolute atomic E-state index is 12.7. The summed E-state index contributed by atoms with van der Waals surface area (Å²) in [5, 5.41) is 5.10. The number of hydrogen-bond acceptors (Lipinski definition) is 5. The van der Waals surface area contributed by atoms with Gasteiger partial charge in [-0.15, -0.1) is 0 Å². The Bertz CT molecular complexity index is 1100. The minimum atomic E-state index is -0.217. The molecule has 0 bridgehead atoms. The van der Waals surface area contributed by atoms with Gasteiger partial charge in [0.15, 0.2) is 0 Å². The average molecular weight is 396 g/mol. The van der Waals surface area contributed by atoms with Crippen LogP contribution in [0, 0.1) is 19.8 Å². The molecule has 0 fully saturated rings. The predicted molar refractivity (Wildman–Crippen MR) is 114 cm³/mol. The van der Waals surface area contributed by atoms with Crippen molar-refractivity contribution in [3.63, 3.8) is 0 Å². The molecule has 29 heavy (non-hydrogen) atoms. The van der Waals surface area contributed by atoms with E-state index in [9.17, 15) is 9.59 Å². The van der Waals surface area contributed by atoms with E-state index in [1.807, 2.05) is 37.6 Å². The van der Waals surface area contributed by atoms with Crippen LogP contribution in [0.3, 0.4) is 0 Å². The standard InChI is InChI=1S/C21H28N6O2/c1-6-26-20(29)16-9-7-8-10-18(16)22-21(26)24-23-19(28)11-17-14(4)25-27(15(17)5)12-13(2)3/h7-10,13H,6,11-12H2,1-5H3,(H,22,24)(H,23,28). The molecule has 8 heteroatoms. The van der Waals surface area contributed by atoms with E-state index in [0.717, 1.165) is 23.5 Å². The van der Waals surface area contributed by atoms with E-state index >= 15 is 0 Å². The summed E-state index contributed by atoms with van der Waals surface area (Å²) >= 11 is 0. The minimum Gasteiger partial charge on any atom is -0.277 e. The topological polar surface area (TPSA) is 93.8 Å². The minimum absolute atomic E-state index is 0.142. The third kappa shape index (κ3) is 4.31. The van der Waals surface area contributed by atoms with Gasteiger partial charge in [0.25, 0.3) is 5.56 Å². The molecule has 0 spiro atoms. The van der Waals surface area contributed by atoms with Crippen molar-refractivity contribution in [2.75, 3.05) is 5.43 Å². The Morgan fingerprint density at radius 3 is 2.62 bits per heavy atom. The van der Waals surface area contributed by atoms with Crippen LogP contribution >= 0.6 is 0 Å². The molecule has 8 nitrogen and oxygen atoms in total.